The van der Waals surface area contributed by atoms with Gasteiger partial charge in [-0.2, -0.15) is 0 Å². The minimum absolute atomic E-state index is 0.00393. The Bertz CT molecular complexity index is 1050. The number of rotatable bonds is 7. The summed E-state index contributed by atoms with van der Waals surface area (Å²) in [6.45, 7) is 8.52. The van der Waals surface area contributed by atoms with Gasteiger partial charge in [-0.3, -0.25) is 24.6 Å². The zero-order chi connectivity index (χ0) is 24.8. The van der Waals surface area contributed by atoms with E-state index in [1.807, 2.05) is 23.1 Å². The lowest BCUT2D eigenvalue weighted by Crippen LogP contribution is -2.48. The highest BCUT2D eigenvalue weighted by Gasteiger charge is 2.26. The van der Waals surface area contributed by atoms with Crippen molar-refractivity contribution in [2.45, 2.75) is 6.92 Å². The number of piperazine rings is 2. The first-order valence-electron chi connectivity index (χ1n) is 12.0. The van der Waals surface area contributed by atoms with Crippen LogP contribution < -0.4 is 15.1 Å². The molecule has 0 atom stereocenters. The number of carbonyl (C=O) groups is 2. The summed E-state index contributed by atoms with van der Waals surface area (Å²) in [7, 11) is 0. The van der Waals surface area contributed by atoms with Gasteiger partial charge in [-0.1, -0.05) is 18.2 Å². The number of anilines is 2. The molecule has 2 aromatic carbocycles. The van der Waals surface area contributed by atoms with Crippen LogP contribution in [-0.2, 0) is 4.79 Å². The molecule has 1 N–H and O–H groups in total. The molecule has 186 valence electrons. The van der Waals surface area contributed by atoms with E-state index in [4.69, 9.17) is 0 Å². The SMILES string of the molecule is CC(=O)N1CCN(c2ccc(C(=O)NCCN3CCN(c4ccccc4)CC3)cc2[N+](=O)[O-])CC1. The highest BCUT2D eigenvalue weighted by atomic mass is 16.6. The van der Waals surface area contributed by atoms with Crippen molar-refractivity contribution in [3.63, 3.8) is 0 Å². The smallest absolute Gasteiger partial charge is 0.293 e. The number of carbonyl (C=O) groups excluding carboxylic acids is 2. The number of nitro benzene ring substituents is 1. The first-order chi connectivity index (χ1) is 16.9. The monoisotopic (exact) mass is 480 g/mol. The number of benzene rings is 2. The summed E-state index contributed by atoms with van der Waals surface area (Å²) in [5, 5.41) is 14.6. The number of amides is 2. The second-order valence-electron chi connectivity index (χ2n) is 8.87. The molecule has 0 aliphatic carbocycles. The van der Waals surface area contributed by atoms with E-state index >= 15 is 0 Å². The highest BCUT2D eigenvalue weighted by molar-refractivity contribution is 5.95. The molecule has 0 spiro atoms. The van der Waals surface area contributed by atoms with Gasteiger partial charge in [0.05, 0.1) is 4.92 Å². The molecule has 0 aromatic heterocycles. The standard InChI is InChI=1S/C25H32N6O4/c1-20(32)28-15-17-30(18-16-28)23-8-7-21(19-24(23)31(34)35)25(33)26-9-10-27-11-13-29(14-12-27)22-5-3-2-4-6-22/h2-8,19H,9-18H2,1H3,(H,26,33). The van der Waals surface area contributed by atoms with Crippen molar-refractivity contribution < 1.29 is 14.5 Å². The highest BCUT2D eigenvalue weighted by Crippen LogP contribution is 2.30. The van der Waals surface area contributed by atoms with Crippen LogP contribution in [0.2, 0.25) is 0 Å². The molecular formula is C25H32N6O4. The Morgan fingerprint density at radius 1 is 0.914 bits per heavy atom. The third-order valence-electron chi connectivity index (χ3n) is 6.71. The molecule has 10 heteroatoms. The second kappa shape index (κ2) is 11.2. The fraction of sp³-hybridized carbons (Fsp3) is 0.440. The Morgan fingerprint density at radius 3 is 2.20 bits per heavy atom. The largest absolute Gasteiger partial charge is 0.369 e. The zero-order valence-corrected chi connectivity index (χ0v) is 20.1. The van der Waals surface area contributed by atoms with Gasteiger partial charge in [0.25, 0.3) is 11.6 Å². The van der Waals surface area contributed by atoms with Gasteiger partial charge in [-0.25, -0.2) is 0 Å². The maximum absolute atomic E-state index is 12.7. The molecule has 10 nitrogen and oxygen atoms in total. The summed E-state index contributed by atoms with van der Waals surface area (Å²) in [6, 6.07) is 15.0. The fourth-order valence-corrected chi connectivity index (χ4v) is 4.64. The number of nitro groups is 1. The number of hydrogen-bond donors (Lipinski definition) is 1. The summed E-state index contributed by atoms with van der Waals surface area (Å²) in [5.41, 5.74) is 1.89. The van der Waals surface area contributed by atoms with Crippen molar-refractivity contribution in [2.24, 2.45) is 0 Å². The topological polar surface area (TPSA) is 102 Å². The Kier molecular flexibility index (Phi) is 7.81. The minimum atomic E-state index is -0.449. The molecular weight excluding hydrogens is 448 g/mol. The summed E-state index contributed by atoms with van der Waals surface area (Å²) < 4.78 is 0. The van der Waals surface area contributed by atoms with Crippen LogP contribution in [0.4, 0.5) is 17.1 Å². The minimum Gasteiger partial charge on any atom is -0.369 e. The van der Waals surface area contributed by atoms with Crippen molar-refractivity contribution in [2.75, 3.05) is 75.2 Å². The summed E-state index contributed by atoms with van der Waals surface area (Å²) >= 11 is 0. The van der Waals surface area contributed by atoms with Crippen LogP contribution in [-0.4, -0.2) is 92.0 Å². The average Bonchev–Trinajstić information content (AvgIpc) is 2.89. The van der Waals surface area contributed by atoms with Gasteiger partial charge in [0.15, 0.2) is 0 Å². The van der Waals surface area contributed by atoms with Gasteiger partial charge in [0, 0.05) is 89.7 Å². The molecule has 2 fully saturated rings. The molecule has 2 aliphatic rings. The second-order valence-corrected chi connectivity index (χ2v) is 8.87. The molecule has 0 unspecified atom stereocenters. The molecule has 4 rings (SSSR count). The molecule has 2 heterocycles. The Labute approximate surface area is 205 Å². The predicted octanol–water partition coefficient (Wildman–Crippen LogP) is 1.82. The first kappa shape index (κ1) is 24.5. The van der Waals surface area contributed by atoms with Crippen molar-refractivity contribution in [3.05, 3.63) is 64.2 Å². The number of hydrogen-bond acceptors (Lipinski definition) is 7. The first-order valence-corrected chi connectivity index (χ1v) is 12.0. The lowest BCUT2D eigenvalue weighted by Gasteiger charge is -2.36. The van der Waals surface area contributed by atoms with Crippen LogP contribution >= 0.6 is 0 Å². The van der Waals surface area contributed by atoms with Gasteiger partial charge in [0.2, 0.25) is 5.91 Å². The van der Waals surface area contributed by atoms with Gasteiger partial charge in [0.1, 0.15) is 5.69 Å². The number of para-hydroxylation sites is 1. The molecule has 0 bridgehead atoms. The average molecular weight is 481 g/mol. The van der Waals surface area contributed by atoms with Crippen molar-refractivity contribution in [1.29, 1.82) is 0 Å². The van der Waals surface area contributed by atoms with E-state index in [2.05, 4.69) is 27.2 Å². The summed E-state index contributed by atoms with van der Waals surface area (Å²) in [5.74, 6) is -0.312. The van der Waals surface area contributed by atoms with Crippen LogP contribution in [0.1, 0.15) is 17.3 Å². The quantitative estimate of drug-likeness (QED) is 0.476. The maximum Gasteiger partial charge on any atom is 0.293 e. The molecule has 2 aliphatic heterocycles. The Hall–Kier alpha value is -3.66. The van der Waals surface area contributed by atoms with E-state index in [1.54, 1.807) is 17.0 Å². The van der Waals surface area contributed by atoms with Crippen LogP contribution in [0.25, 0.3) is 0 Å². The van der Waals surface area contributed by atoms with Gasteiger partial charge < -0.3 is 20.0 Å². The van der Waals surface area contributed by atoms with Crippen molar-refractivity contribution >= 4 is 28.9 Å². The van der Waals surface area contributed by atoms with Crippen molar-refractivity contribution in [3.8, 4) is 0 Å². The van der Waals surface area contributed by atoms with Gasteiger partial charge in [-0.05, 0) is 24.3 Å². The molecule has 35 heavy (non-hydrogen) atoms. The van der Waals surface area contributed by atoms with Crippen LogP contribution in [0.15, 0.2) is 48.5 Å². The summed E-state index contributed by atoms with van der Waals surface area (Å²) in [4.78, 5) is 43.8. The third-order valence-corrected chi connectivity index (χ3v) is 6.71. The number of nitrogens with one attached hydrogen (secondary N) is 1. The van der Waals surface area contributed by atoms with Gasteiger partial charge >= 0.3 is 0 Å². The Balaban J connectivity index is 1.28. The van der Waals surface area contributed by atoms with Crippen LogP contribution in [0, 0.1) is 10.1 Å². The Morgan fingerprint density at radius 2 is 1.57 bits per heavy atom. The van der Waals surface area contributed by atoms with E-state index in [0.29, 0.717) is 38.4 Å². The van der Waals surface area contributed by atoms with E-state index in [9.17, 15) is 19.7 Å². The van der Waals surface area contributed by atoms with E-state index < -0.39 is 4.92 Å². The lowest BCUT2D eigenvalue weighted by atomic mass is 10.1. The fourth-order valence-electron chi connectivity index (χ4n) is 4.64. The number of nitrogens with zero attached hydrogens (tertiary/aromatic N) is 5. The van der Waals surface area contributed by atoms with Crippen molar-refractivity contribution in [1.82, 2.24) is 15.1 Å². The van der Waals surface area contributed by atoms with Gasteiger partial charge in [-0.15, -0.1) is 0 Å². The zero-order valence-electron chi connectivity index (χ0n) is 20.1. The normalized spacial score (nSPS) is 16.8. The molecule has 2 saturated heterocycles. The summed E-state index contributed by atoms with van der Waals surface area (Å²) in [6.07, 6.45) is 0. The molecule has 2 amide bonds. The third kappa shape index (κ3) is 6.07. The van der Waals surface area contributed by atoms with Crippen LogP contribution in [0.5, 0.6) is 0 Å². The lowest BCUT2D eigenvalue weighted by molar-refractivity contribution is -0.384. The van der Waals surface area contributed by atoms with E-state index in [1.165, 1.54) is 18.7 Å². The van der Waals surface area contributed by atoms with Crippen LogP contribution in [0.3, 0.4) is 0 Å². The predicted molar refractivity (Wildman–Crippen MR) is 135 cm³/mol. The van der Waals surface area contributed by atoms with E-state index in [0.717, 1.165) is 32.7 Å². The molecule has 0 radical (unpaired) electrons. The maximum atomic E-state index is 12.7. The molecule has 2 aromatic rings. The molecule has 0 saturated carbocycles. The van der Waals surface area contributed by atoms with E-state index in [-0.39, 0.29) is 23.1 Å².